The normalized spacial score (nSPS) is 20.0. The van der Waals surface area contributed by atoms with Crippen molar-refractivity contribution in [3.63, 3.8) is 0 Å². The predicted molar refractivity (Wildman–Crippen MR) is 104 cm³/mol. The summed E-state index contributed by atoms with van der Waals surface area (Å²) in [4.78, 5) is 24.5. The molecule has 27 heavy (non-hydrogen) atoms. The summed E-state index contributed by atoms with van der Waals surface area (Å²) >= 11 is 0. The maximum atomic E-state index is 12.4. The predicted octanol–water partition coefficient (Wildman–Crippen LogP) is 2.32. The molecule has 1 saturated carbocycles. The van der Waals surface area contributed by atoms with Crippen molar-refractivity contribution in [3.8, 4) is 0 Å². The highest BCUT2D eigenvalue weighted by molar-refractivity contribution is 5.91. The molecule has 0 aliphatic heterocycles. The average molecular weight is 371 g/mol. The van der Waals surface area contributed by atoms with Crippen molar-refractivity contribution in [2.75, 3.05) is 27.7 Å². The highest BCUT2D eigenvalue weighted by atomic mass is 16.2. The summed E-state index contributed by atoms with van der Waals surface area (Å²) in [6, 6.07) is 2.26. The van der Waals surface area contributed by atoms with Gasteiger partial charge in [0.1, 0.15) is 5.69 Å². The van der Waals surface area contributed by atoms with Gasteiger partial charge in [-0.15, -0.1) is 0 Å². The van der Waals surface area contributed by atoms with E-state index in [9.17, 15) is 4.79 Å². The maximum absolute atomic E-state index is 12.4. The molecule has 7 heteroatoms. The first-order chi connectivity index (χ1) is 12.9. The first-order valence-corrected chi connectivity index (χ1v) is 9.63. The van der Waals surface area contributed by atoms with Crippen LogP contribution in [0.3, 0.4) is 0 Å². The molecule has 0 aromatic carbocycles. The molecular weight excluding hydrogens is 340 g/mol. The van der Waals surface area contributed by atoms with Crippen molar-refractivity contribution >= 4 is 5.91 Å². The van der Waals surface area contributed by atoms with E-state index >= 15 is 0 Å². The monoisotopic (exact) mass is 370 g/mol. The van der Waals surface area contributed by atoms with Crippen molar-refractivity contribution in [2.24, 2.45) is 13.0 Å². The molecule has 0 radical (unpaired) electrons. The number of nitrogens with zero attached hydrogens (tertiary/aromatic N) is 6. The summed E-state index contributed by atoms with van der Waals surface area (Å²) in [6.45, 7) is 1.68. The number of aryl methyl sites for hydroxylation is 1. The Hall–Kier alpha value is -2.28. The van der Waals surface area contributed by atoms with Crippen LogP contribution in [0.2, 0.25) is 0 Å². The van der Waals surface area contributed by atoms with E-state index in [4.69, 9.17) is 5.10 Å². The number of amides is 1. The molecule has 1 aliphatic rings. The van der Waals surface area contributed by atoms with Gasteiger partial charge in [-0.2, -0.15) is 5.10 Å². The minimum atomic E-state index is -0.0525. The van der Waals surface area contributed by atoms with Gasteiger partial charge < -0.3 is 9.80 Å². The minimum Gasteiger partial charge on any atom is -0.340 e. The van der Waals surface area contributed by atoms with E-state index in [1.165, 1.54) is 17.6 Å². The van der Waals surface area contributed by atoms with Crippen molar-refractivity contribution in [2.45, 2.75) is 38.1 Å². The Morgan fingerprint density at radius 1 is 1.19 bits per heavy atom. The summed E-state index contributed by atoms with van der Waals surface area (Å²) < 4.78 is 2.01. The third kappa shape index (κ3) is 4.91. The van der Waals surface area contributed by atoms with Crippen LogP contribution in [0.5, 0.6) is 0 Å². The van der Waals surface area contributed by atoms with Crippen LogP contribution in [0.1, 0.15) is 53.5 Å². The second kappa shape index (κ2) is 8.61. The molecule has 0 spiro atoms. The Morgan fingerprint density at radius 2 is 1.93 bits per heavy atom. The quantitative estimate of drug-likeness (QED) is 0.781. The molecule has 7 nitrogen and oxygen atoms in total. The van der Waals surface area contributed by atoms with E-state index in [0.717, 1.165) is 38.8 Å². The molecule has 0 saturated heterocycles. The second-order valence-electron chi connectivity index (χ2n) is 7.92. The van der Waals surface area contributed by atoms with E-state index in [2.05, 4.69) is 35.0 Å². The van der Waals surface area contributed by atoms with E-state index < -0.39 is 0 Å². The Kier molecular flexibility index (Phi) is 6.21. The SMILES string of the molecule is CN(C)Cc1cc(C2CCC(CN(C)C(=O)c3cnccn3)CC2)nn1C. The lowest BCUT2D eigenvalue weighted by molar-refractivity contribution is 0.0752. The third-order valence-electron chi connectivity index (χ3n) is 5.40. The van der Waals surface area contributed by atoms with Gasteiger partial charge >= 0.3 is 0 Å². The van der Waals surface area contributed by atoms with Crippen LogP contribution >= 0.6 is 0 Å². The molecular formula is C20H30N6O. The lowest BCUT2D eigenvalue weighted by atomic mass is 9.80. The molecule has 1 fully saturated rings. The molecule has 0 atom stereocenters. The lowest BCUT2D eigenvalue weighted by Crippen LogP contribution is -2.33. The van der Waals surface area contributed by atoms with Crippen LogP contribution in [0.4, 0.5) is 0 Å². The summed E-state index contributed by atoms with van der Waals surface area (Å²) in [7, 11) is 8.05. The van der Waals surface area contributed by atoms with Crippen LogP contribution in [0.25, 0.3) is 0 Å². The maximum Gasteiger partial charge on any atom is 0.273 e. The molecule has 2 heterocycles. The van der Waals surface area contributed by atoms with Gasteiger partial charge in [0.15, 0.2) is 0 Å². The summed E-state index contributed by atoms with van der Waals surface area (Å²) in [5.41, 5.74) is 2.89. The Labute approximate surface area is 161 Å². The zero-order chi connectivity index (χ0) is 19.4. The Balaban J connectivity index is 1.52. The van der Waals surface area contributed by atoms with Crippen molar-refractivity contribution < 1.29 is 4.79 Å². The first kappa shape index (κ1) is 19.5. The summed E-state index contributed by atoms with van der Waals surface area (Å²) in [5, 5.41) is 4.75. The highest BCUT2D eigenvalue weighted by Gasteiger charge is 2.26. The molecule has 2 aromatic rings. The molecule has 1 amide bonds. The van der Waals surface area contributed by atoms with E-state index in [1.54, 1.807) is 17.3 Å². The molecule has 0 bridgehead atoms. The summed E-state index contributed by atoms with van der Waals surface area (Å²) in [5.74, 6) is 1.02. The van der Waals surface area contributed by atoms with Crippen LogP contribution in [0.15, 0.2) is 24.7 Å². The smallest absolute Gasteiger partial charge is 0.273 e. The minimum absolute atomic E-state index is 0.0525. The fourth-order valence-electron chi connectivity index (χ4n) is 3.92. The van der Waals surface area contributed by atoms with E-state index in [1.807, 2.05) is 18.8 Å². The van der Waals surface area contributed by atoms with Crippen LogP contribution < -0.4 is 0 Å². The molecule has 0 N–H and O–H groups in total. The van der Waals surface area contributed by atoms with Gasteiger partial charge in [0.05, 0.1) is 17.6 Å². The third-order valence-corrected chi connectivity index (χ3v) is 5.40. The molecule has 0 unspecified atom stereocenters. The molecule has 3 rings (SSSR count). The number of rotatable bonds is 6. The van der Waals surface area contributed by atoms with Gasteiger partial charge in [0.2, 0.25) is 0 Å². The average Bonchev–Trinajstić information content (AvgIpc) is 3.02. The molecule has 2 aromatic heterocycles. The fraction of sp³-hybridized carbons (Fsp3) is 0.600. The zero-order valence-electron chi connectivity index (χ0n) is 16.8. The highest BCUT2D eigenvalue weighted by Crippen LogP contribution is 2.35. The number of carbonyl (C=O) groups excluding carboxylic acids is 1. The number of hydrogen-bond acceptors (Lipinski definition) is 5. The van der Waals surface area contributed by atoms with Crippen molar-refractivity contribution in [1.82, 2.24) is 29.5 Å². The standard InChI is InChI=1S/C20H30N6O/c1-24(2)14-17-11-18(23-26(17)4)16-7-5-15(6-8-16)13-25(3)20(27)19-12-21-9-10-22-19/h9-12,15-16H,5-8,13-14H2,1-4H3. The lowest BCUT2D eigenvalue weighted by Gasteiger charge is -2.30. The van der Waals surface area contributed by atoms with Gasteiger partial charge in [-0.1, -0.05) is 0 Å². The van der Waals surface area contributed by atoms with Gasteiger partial charge in [-0.25, -0.2) is 4.98 Å². The first-order valence-electron chi connectivity index (χ1n) is 9.63. The fourth-order valence-corrected chi connectivity index (χ4v) is 3.92. The molecule has 1 aliphatic carbocycles. The van der Waals surface area contributed by atoms with Gasteiger partial charge in [-0.3, -0.25) is 14.5 Å². The van der Waals surface area contributed by atoms with Gasteiger partial charge in [0, 0.05) is 45.5 Å². The van der Waals surface area contributed by atoms with Crippen LogP contribution in [-0.4, -0.2) is 63.1 Å². The van der Waals surface area contributed by atoms with Crippen molar-refractivity contribution in [1.29, 1.82) is 0 Å². The number of carbonyl (C=O) groups is 1. The van der Waals surface area contributed by atoms with Crippen LogP contribution in [0, 0.1) is 5.92 Å². The van der Waals surface area contributed by atoms with Crippen LogP contribution in [-0.2, 0) is 13.6 Å². The largest absolute Gasteiger partial charge is 0.340 e. The Bertz CT molecular complexity index is 749. The Morgan fingerprint density at radius 3 is 2.56 bits per heavy atom. The zero-order valence-corrected chi connectivity index (χ0v) is 16.8. The number of aromatic nitrogens is 4. The van der Waals surface area contributed by atoms with Gasteiger partial charge in [-0.05, 0) is 51.8 Å². The van der Waals surface area contributed by atoms with E-state index in [0.29, 0.717) is 17.5 Å². The summed E-state index contributed by atoms with van der Waals surface area (Å²) in [6.07, 6.45) is 9.20. The second-order valence-corrected chi connectivity index (χ2v) is 7.92. The topological polar surface area (TPSA) is 67.2 Å². The number of hydrogen-bond donors (Lipinski definition) is 0. The molecule has 146 valence electrons. The van der Waals surface area contributed by atoms with E-state index in [-0.39, 0.29) is 5.91 Å². The van der Waals surface area contributed by atoms with Crippen molar-refractivity contribution in [3.05, 3.63) is 41.7 Å². The van der Waals surface area contributed by atoms with Gasteiger partial charge in [0.25, 0.3) is 5.91 Å².